The molecule has 0 bridgehead atoms. The summed E-state index contributed by atoms with van der Waals surface area (Å²) in [5.74, 6) is 0.769. The molecule has 5 heteroatoms. The average molecular weight is 405 g/mol. The molecular weight excluding hydrogens is 384 g/mol. The van der Waals surface area contributed by atoms with Crippen LogP contribution in [0.15, 0.2) is 82.6 Å². The number of thiophene rings is 1. The molecular formula is C23H20N2OS2. The minimum absolute atomic E-state index is 0.0560. The van der Waals surface area contributed by atoms with Crippen molar-refractivity contribution in [1.29, 1.82) is 0 Å². The van der Waals surface area contributed by atoms with Gasteiger partial charge in [-0.2, -0.15) is 0 Å². The number of fused-ring (bicyclic) bond motifs is 1. The molecule has 0 fully saturated rings. The van der Waals surface area contributed by atoms with Gasteiger partial charge in [0.2, 0.25) is 0 Å². The van der Waals surface area contributed by atoms with Gasteiger partial charge in [0, 0.05) is 12.3 Å². The zero-order valence-corrected chi connectivity index (χ0v) is 17.0. The summed E-state index contributed by atoms with van der Waals surface area (Å²) >= 11 is 3.07. The Kier molecular flexibility index (Phi) is 5.74. The van der Waals surface area contributed by atoms with E-state index in [2.05, 4.69) is 43.0 Å². The fourth-order valence-electron chi connectivity index (χ4n) is 3.01. The van der Waals surface area contributed by atoms with E-state index in [0.29, 0.717) is 6.54 Å². The fourth-order valence-corrected chi connectivity index (χ4v) is 4.77. The van der Waals surface area contributed by atoms with Crippen molar-refractivity contribution >= 4 is 39.4 Å². The summed E-state index contributed by atoms with van der Waals surface area (Å²) in [7, 11) is 0. The van der Waals surface area contributed by atoms with Crippen LogP contribution in [0.25, 0.3) is 16.3 Å². The summed E-state index contributed by atoms with van der Waals surface area (Å²) in [4.78, 5) is 17.8. The highest BCUT2D eigenvalue weighted by atomic mass is 32.2. The van der Waals surface area contributed by atoms with Gasteiger partial charge in [0.1, 0.15) is 4.70 Å². The fraction of sp³-hybridized carbons (Fsp3) is 0.130. The van der Waals surface area contributed by atoms with E-state index < -0.39 is 0 Å². The van der Waals surface area contributed by atoms with Gasteiger partial charge in [-0.05, 0) is 34.6 Å². The first kappa shape index (κ1) is 18.7. The maximum atomic E-state index is 13.0. The number of aryl methyl sites for hydroxylation is 1. The third-order valence-corrected chi connectivity index (χ3v) is 6.52. The van der Waals surface area contributed by atoms with E-state index >= 15 is 0 Å². The molecule has 0 saturated heterocycles. The molecule has 0 saturated carbocycles. The second-order valence-corrected chi connectivity index (χ2v) is 8.31. The zero-order valence-electron chi connectivity index (χ0n) is 15.4. The molecule has 0 amide bonds. The number of aromatic nitrogens is 2. The summed E-state index contributed by atoms with van der Waals surface area (Å²) in [5.41, 5.74) is 4.36. The Hall–Kier alpha value is -2.63. The van der Waals surface area contributed by atoms with Crippen molar-refractivity contribution in [2.75, 3.05) is 0 Å². The molecule has 2 aromatic carbocycles. The topological polar surface area (TPSA) is 34.9 Å². The van der Waals surface area contributed by atoms with Gasteiger partial charge in [-0.25, -0.2) is 4.98 Å². The van der Waals surface area contributed by atoms with Gasteiger partial charge in [-0.15, -0.1) is 11.3 Å². The van der Waals surface area contributed by atoms with Crippen molar-refractivity contribution in [1.82, 2.24) is 9.55 Å². The van der Waals surface area contributed by atoms with Gasteiger partial charge >= 0.3 is 0 Å². The highest BCUT2D eigenvalue weighted by Gasteiger charge is 2.13. The third-order valence-electron chi connectivity index (χ3n) is 4.58. The summed E-state index contributed by atoms with van der Waals surface area (Å²) in [5, 5.41) is 2.71. The molecule has 0 aliphatic carbocycles. The van der Waals surface area contributed by atoms with Crippen LogP contribution in [0, 0.1) is 0 Å². The van der Waals surface area contributed by atoms with Crippen LogP contribution in [0.5, 0.6) is 0 Å². The molecule has 28 heavy (non-hydrogen) atoms. The lowest BCUT2D eigenvalue weighted by Gasteiger charge is -2.12. The van der Waals surface area contributed by atoms with E-state index in [-0.39, 0.29) is 5.56 Å². The van der Waals surface area contributed by atoms with Crippen molar-refractivity contribution in [2.24, 2.45) is 0 Å². The first-order chi connectivity index (χ1) is 13.7. The Bertz CT molecular complexity index is 1140. The molecule has 0 N–H and O–H groups in total. The summed E-state index contributed by atoms with van der Waals surface area (Å²) in [6, 6.07) is 20.5. The van der Waals surface area contributed by atoms with E-state index in [0.717, 1.165) is 33.1 Å². The molecule has 4 rings (SSSR count). The lowest BCUT2D eigenvalue weighted by Crippen LogP contribution is -2.23. The molecule has 2 heterocycles. The number of nitrogens with zero attached hydrogens (tertiary/aromatic N) is 2. The van der Waals surface area contributed by atoms with E-state index in [9.17, 15) is 4.79 Å². The molecule has 4 aromatic rings. The smallest absolute Gasteiger partial charge is 0.272 e. The van der Waals surface area contributed by atoms with Gasteiger partial charge in [0.15, 0.2) is 5.16 Å². The molecule has 0 spiro atoms. The maximum absolute atomic E-state index is 13.0. The largest absolute Gasteiger partial charge is 0.286 e. The Morgan fingerprint density at radius 3 is 2.57 bits per heavy atom. The standard InChI is InChI=1S/C23H20N2OS2/c1-2-17-8-10-19(11-9-17)16-28-23-24-20-13-15-27-21(20)22(26)25(23)14-12-18-6-4-3-5-7-18/h2-11,13,15H,1,12,14,16H2. The minimum Gasteiger partial charge on any atom is -0.286 e. The van der Waals surface area contributed by atoms with Crippen molar-refractivity contribution < 1.29 is 0 Å². The molecule has 0 aliphatic rings. The predicted octanol–water partition coefficient (Wildman–Crippen LogP) is 5.64. The molecule has 140 valence electrons. The Balaban J connectivity index is 1.61. The van der Waals surface area contributed by atoms with Gasteiger partial charge in [0.05, 0.1) is 5.52 Å². The lowest BCUT2D eigenvalue weighted by molar-refractivity contribution is 0.596. The highest BCUT2D eigenvalue weighted by Crippen LogP contribution is 2.24. The van der Waals surface area contributed by atoms with Crippen LogP contribution < -0.4 is 5.56 Å². The normalized spacial score (nSPS) is 11.0. The van der Waals surface area contributed by atoms with Crippen LogP contribution in [-0.2, 0) is 18.7 Å². The monoisotopic (exact) mass is 404 g/mol. The zero-order chi connectivity index (χ0) is 19.3. The molecule has 3 nitrogen and oxygen atoms in total. The van der Waals surface area contributed by atoms with Crippen molar-refractivity contribution in [3.05, 3.63) is 99.7 Å². The molecule has 0 atom stereocenters. The summed E-state index contributed by atoms with van der Waals surface area (Å²) in [6.45, 7) is 4.42. The lowest BCUT2D eigenvalue weighted by atomic mass is 10.1. The van der Waals surface area contributed by atoms with Crippen LogP contribution in [0.3, 0.4) is 0 Å². The number of rotatable bonds is 7. The average Bonchev–Trinajstić information content (AvgIpc) is 3.22. The van der Waals surface area contributed by atoms with Crippen LogP contribution in [-0.4, -0.2) is 9.55 Å². The van der Waals surface area contributed by atoms with Gasteiger partial charge in [0.25, 0.3) is 5.56 Å². The summed E-state index contributed by atoms with van der Waals surface area (Å²) in [6.07, 6.45) is 2.64. The van der Waals surface area contributed by atoms with Crippen LogP contribution >= 0.6 is 23.1 Å². The Morgan fingerprint density at radius 2 is 1.82 bits per heavy atom. The van der Waals surface area contributed by atoms with E-state index in [1.165, 1.54) is 22.5 Å². The maximum Gasteiger partial charge on any atom is 0.272 e. The second-order valence-electron chi connectivity index (χ2n) is 6.46. The van der Waals surface area contributed by atoms with E-state index in [4.69, 9.17) is 4.98 Å². The molecule has 2 aromatic heterocycles. The highest BCUT2D eigenvalue weighted by molar-refractivity contribution is 7.98. The number of benzene rings is 2. The third kappa shape index (κ3) is 4.11. The van der Waals surface area contributed by atoms with Gasteiger partial charge < -0.3 is 0 Å². The van der Waals surface area contributed by atoms with Crippen molar-refractivity contribution in [3.63, 3.8) is 0 Å². The Labute approximate surface area is 172 Å². The van der Waals surface area contributed by atoms with Gasteiger partial charge in [-0.1, -0.05) is 79.0 Å². The summed E-state index contributed by atoms with van der Waals surface area (Å²) < 4.78 is 2.56. The molecule has 0 radical (unpaired) electrons. The molecule has 0 unspecified atom stereocenters. The number of hydrogen-bond donors (Lipinski definition) is 0. The van der Waals surface area contributed by atoms with Gasteiger partial charge in [-0.3, -0.25) is 9.36 Å². The molecule has 0 aliphatic heterocycles. The minimum atomic E-state index is 0.0560. The Morgan fingerprint density at radius 1 is 1.04 bits per heavy atom. The van der Waals surface area contributed by atoms with Crippen molar-refractivity contribution in [2.45, 2.75) is 23.9 Å². The SMILES string of the molecule is C=Cc1ccc(CSc2nc3ccsc3c(=O)n2CCc2ccccc2)cc1. The second kappa shape index (κ2) is 8.59. The first-order valence-electron chi connectivity index (χ1n) is 9.11. The van der Waals surface area contributed by atoms with E-state index in [1.54, 1.807) is 11.8 Å². The van der Waals surface area contributed by atoms with Crippen LogP contribution in [0.4, 0.5) is 0 Å². The first-order valence-corrected chi connectivity index (χ1v) is 11.0. The van der Waals surface area contributed by atoms with Crippen LogP contribution in [0.2, 0.25) is 0 Å². The number of thioether (sulfide) groups is 1. The van der Waals surface area contributed by atoms with Crippen LogP contribution in [0.1, 0.15) is 16.7 Å². The predicted molar refractivity (Wildman–Crippen MR) is 120 cm³/mol. The van der Waals surface area contributed by atoms with E-state index in [1.807, 2.05) is 40.3 Å². The quantitative estimate of drug-likeness (QED) is 0.295. The number of hydrogen-bond acceptors (Lipinski definition) is 4. The van der Waals surface area contributed by atoms with Crippen molar-refractivity contribution in [3.8, 4) is 0 Å².